The number of hydrogen-bond acceptors (Lipinski definition) is 6. The molecule has 2 N–H and O–H groups in total. The molecule has 1 aliphatic rings. The molecule has 0 aromatic carbocycles. The van der Waals surface area contributed by atoms with E-state index in [4.69, 9.17) is 4.74 Å². The van der Waals surface area contributed by atoms with Crippen LogP contribution in [0, 0.1) is 12.8 Å². The van der Waals surface area contributed by atoms with E-state index in [0.29, 0.717) is 23.4 Å². The van der Waals surface area contributed by atoms with E-state index in [2.05, 4.69) is 20.5 Å². The lowest BCUT2D eigenvalue weighted by Gasteiger charge is -2.30. The first kappa shape index (κ1) is 14.3. The first-order valence-corrected chi connectivity index (χ1v) is 7.49. The van der Waals surface area contributed by atoms with E-state index in [0.717, 1.165) is 18.7 Å². The van der Waals surface area contributed by atoms with Crippen molar-refractivity contribution in [3.63, 3.8) is 0 Å². The number of H-pyrrole nitrogens is 1. The molecule has 1 fully saturated rings. The van der Waals surface area contributed by atoms with Gasteiger partial charge in [-0.2, -0.15) is 0 Å². The third kappa shape index (κ3) is 3.09. The lowest BCUT2D eigenvalue weighted by Crippen LogP contribution is -2.55. The van der Waals surface area contributed by atoms with Crippen molar-refractivity contribution in [2.45, 2.75) is 37.4 Å². The van der Waals surface area contributed by atoms with E-state index >= 15 is 0 Å². The number of carbonyl (C=O) groups excluding carboxylic acids is 1. The Balaban J connectivity index is 2.07. The molecule has 7 heteroatoms. The second-order valence-electron chi connectivity index (χ2n) is 4.71. The fourth-order valence-corrected chi connectivity index (χ4v) is 3.29. The second kappa shape index (κ2) is 5.92. The summed E-state index contributed by atoms with van der Waals surface area (Å²) in [7, 11) is 1.82. The highest BCUT2D eigenvalue weighted by molar-refractivity contribution is 7.99. The van der Waals surface area contributed by atoms with Gasteiger partial charge in [-0.15, -0.1) is 5.10 Å². The molecular weight excluding hydrogens is 264 g/mol. The molecule has 1 atom stereocenters. The summed E-state index contributed by atoms with van der Waals surface area (Å²) < 4.78 is 5.23. The van der Waals surface area contributed by atoms with Gasteiger partial charge in [0, 0.05) is 5.75 Å². The Morgan fingerprint density at radius 1 is 1.63 bits per heavy atom. The molecule has 6 nitrogen and oxygen atoms in total. The molecule has 0 aliphatic heterocycles. The monoisotopic (exact) mass is 284 g/mol. The molecule has 1 unspecified atom stereocenters. The van der Waals surface area contributed by atoms with Crippen LogP contribution in [0.4, 0.5) is 0 Å². The van der Waals surface area contributed by atoms with Crippen LogP contribution in [0.3, 0.4) is 0 Å². The quantitative estimate of drug-likeness (QED) is 0.577. The third-order valence-corrected chi connectivity index (χ3v) is 4.41. The van der Waals surface area contributed by atoms with Crippen LogP contribution in [0.5, 0.6) is 0 Å². The first-order valence-electron chi connectivity index (χ1n) is 6.50. The fraction of sp³-hybridized carbons (Fsp3) is 0.750. The number of carbonyl (C=O) groups is 1. The summed E-state index contributed by atoms with van der Waals surface area (Å²) >= 11 is 1.48. The van der Waals surface area contributed by atoms with Gasteiger partial charge in [-0.05, 0) is 39.7 Å². The molecule has 0 saturated heterocycles. The number of likely N-dealkylation sites (N-methyl/N-ethyl adjacent to an activating group) is 1. The Kier molecular flexibility index (Phi) is 4.46. The Morgan fingerprint density at radius 3 is 2.84 bits per heavy atom. The zero-order valence-electron chi connectivity index (χ0n) is 11.5. The van der Waals surface area contributed by atoms with E-state index in [1.807, 2.05) is 20.9 Å². The number of ether oxygens (including phenoxy) is 1. The van der Waals surface area contributed by atoms with E-state index in [9.17, 15) is 4.79 Å². The summed E-state index contributed by atoms with van der Waals surface area (Å²) in [6.45, 7) is 4.09. The van der Waals surface area contributed by atoms with E-state index in [-0.39, 0.29) is 5.97 Å². The van der Waals surface area contributed by atoms with Crippen molar-refractivity contribution in [3.8, 4) is 0 Å². The highest BCUT2D eigenvalue weighted by atomic mass is 32.2. The highest BCUT2D eigenvalue weighted by Crippen LogP contribution is 2.42. The molecular formula is C12H20N4O2S. The Labute approximate surface area is 117 Å². The molecule has 1 aromatic rings. The van der Waals surface area contributed by atoms with E-state index in [1.165, 1.54) is 11.8 Å². The third-order valence-electron chi connectivity index (χ3n) is 3.37. The number of nitrogens with zero attached hydrogens (tertiary/aromatic N) is 2. The van der Waals surface area contributed by atoms with Gasteiger partial charge >= 0.3 is 5.97 Å². The van der Waals surface area contributed by atoms with Crippen LogP contribution in [0.25, 0.3) is 0 Å². The van der Waals surface area contributed by atoms with Gasteiger partial charge in [0.05, 0.1) is 6.61 Å². The Hall–Kier alpha value is -1.08. The molecule has 19 heavy (non-hydrogen) atoms. The summed E-state index contributed by atoms with van der Waals surface area (Å²) in [5, 5.41) is 10.7. The van der Waals surface area contributed by atoms with Crippen LogP contribution < -0.4 is 5.32 Å². The summed E-state index contributed by atoms with van der Waals surface area (Å²) in [4.78, 5) is 16.5. The van der Waals surface area contributed by atoms with Gasteiger partial charge in [-0.3, -0.25) is 9.89 Å². The standard InChI is InChI=1S/C12H20N4O2S/c1-4-18-10(17)12(13-3,9-5-6-9)7-19-11-14-8(2)15-16-11/h9,13H,4-7H2,1-3H3,(H,14,15,16). The predicted octanol–water partition coefficient (Wildman–Crippen LogP) is 1.14. The number of hydrogen-bond donors (Lipinski definition) is 2. The van der Waals surface area contributed by atoms with Crippen LogP contribution in [0.1, 0.15) is 25.6 Å². The molecule has 0 bridgehead atoms. The molecule has 0 amide bonds. The van der Waals surface area contributed by atoms with Crippen LogP contribution in [0.15, 0.2) is 5.16 Å². The van der Waals surface area contributed by atoms with Crippen LogP contribution in [0.2, 0.25) is 0 Å². The average Bonchev–Trinajstić information content (AvgIpc) is 3.15. The lowest BCUT2D eigenvalue weighted by atomic mass is 9.96. The topological polar surface area (TPSA) is 79.9 Å². The van der Waals surface area contributed by atoms with Crippen LogP contribution in [-0.2, 0) is 9.53 Å². The van der Waals surface area contributed by atoms with E-state index in [1.54, 1.807) is 0 Å². The maximum Gasteiger partial charge on any atom is 0.327 e. The molecule has 106 valence electrons. The molecule has 1 heterocycles. The summed E-state index contributed by atoms with van der Waals surface area (Å²) in [5.41, 5.74) is -0.616. The molecule has 1 saturated carbocycles. The maximum absolute atomic E-state index is 12.3. The van der Waals surface area contributed by atoms with Gasteiger partial charge in [0.15, 0.2) is 0 Å². The molecule has 2 rings (SSSR count). The first-order chi connectivity index (χ1) is 9.12. The zero-order chi connectivity index (χ0) is 13.9. The Bertz CT molecular complexity index is 447. The van der Waals surface area contributed by atoms with Gasteiger partial charge in [-0.25, -0.2) is 4.98 Å². The smallest absolute Gasteiger partial charge is 0.327 e. The van der Waals surface area contributed by atoms with E-state index < -0.39 is 5.54 Å². The number of thioether (sulfide) groups is 1. The van der Waals surface area contributed by atoms with Crippen molar-refractivity contribution in [2.75, 3.05) is 19.4 Å². The number of aromatic nitrogens is 3. The predicted molar refractivity (Wildman–Crippen MR) is 73.0 cm³/mol. The molecule has 1 aliphatic carbocycles. The maximum atomic E-state index is 12.3. The number of rotatable bonds is 7. The van der Waals surface area contributed by atoms with Crippen molar-refractivity contribution >= 4 is 17.7 Å². The molecule has 1 aromatic heterocycles. The van der Waals surface area contributed by atoms with Gasteiger partial charge in [0.25, 0.3) is 0 Å². The Morgan fingerprint density at radius 2 is 2.37 bits per heavy atom. The second-order valence-corrected chi connectivity index (χ2v) is 5.65. The van der Waals surface area contributed by atoms with Crippen molar-refractivity contribution in [2.24, 2.45) is 5.92 Å². The molecule has 0 radical (unpaired) electrons. The lowest BCUT2D eigenvalue weighted by molar-refractivity contribution is -0.150. The normalized spacial score (nSPS) is 18.1. The van der Waals surface area contributed by atoms with Gasteiger partial charge < -0.3 is 10.1 Å². The summed E-state index contributed by atoms with van der Waals surface area (Å²) in [6, 6.07) is 0. The van der Waals surface area contributed by atoms with Crippen LogP contribution in [-0.4, -0.2) is 46.1 Å². The van der Waals surface area contributed by atoms with Crippen molar-refractivity contribution in [3.05, 3.63) is 5.82 Å². The average molecular weight is 284 g/mol. The van der Waals surface area contributed by atoms with Crippen molar-refractivity contribution in [1.82, 2.24) is 20.5 Å². The van der Waals surface area contributed by atoms with Gasteiger partial charge in [0.1, 0.15) is 11.4 Å². The van der Waals surface area contributed by atoms with Crippen molar-refractivity contribution in [1.29, 1.82) is 0 Å². The minimum Gasteiger partial charge on any atom is -0.465 e. The van der Waals surface area contributed by atoms with Gasteiger partial charge in [-0.1, -0.05) is 11.8 Å². The van der Waals surface area contributed by atoms with Crippen molar-refractivity contribution < 1.29 is 9.53 Å². The van der Waals surface area contributed by atoms with Crippen LogP contribution >= 0.6 is 11.8 Å². The number of aromatic amines is 1. The largest absolute Gasteiger partial charge is 0.465 e. The summed E-state index contributed by atoms with van der Waals surface area (Å²) in [5.74, 6) is 1.55. The SMILES string of the molecule is CCOC(=O)C(CSc1n[nH]c(C)n1)(NC)C1CC1. The summed E-state index contributed by atoms with van der Waals surface area (Å²) in [6.07, 6.45) is 2.13. The number of nitrogens with one attached hydrogen (secondary N) is 2. The highest BCUT2D eigenvalue weighted by Gasteiger charge is 2.51. The minimum atomic E-state index is -0.616. The fourth-order valence-electron chi connectivity index (χ4n) is 2.12. The van der Waals surface area contributed by atoms with Gasteiger partial charge in [0.2, 0.25) is 5.16 Å². The molecule has 0 spiro atoms. The number of esters is 1. The zero-order valence-corrected chi connectivity index (χ0v) is 12.3. The number of aryl methyl sites for hydroxylation is 1. The minimum absolute atomic E-state index is 0.167.